The minimum absolute atomic E-state index is 0.0203. The van der Waals surface area contributed by atoms with Gasteiger partial charge in [0, 0.05) is 54.1 Å². The van der Waals surface area contributed by atoms with Crippen molar-refractivity contribution in [1.29, 1.82) is 0 Å². The predicted octanol–water partition coefficient (Wildman–Crippen LogP) is 5.28. The molecule has 3 aromatic carbocycles. The van der Waals surface area contributed by atoms with E-state index in [1.807, 2.05) is 14.1 Å². The van der Waals surface area contributed by atoms with E-state index >= 15 is 0 Å². The van der Waals surface area contributed by atoms with Gasteiger partial charge in [0.15, 0.2) is 11.6 Å². The summed E-state index contributed by atoms with van der Waals surface area (Å²) in [6.07, 6.45) is 0. The SMILES string of the molecule is Cc1c(F)cccc1C1[C@@H](C(=O)c2cccc(O)c2)CN(CC(C)(C)N(C)C)C[C@@H]1C(=O)c1cccc(O)c1. The summed E-state index contributed by atoms with van der Waals surface area (Å²) in [6.45, 7) is 7.23. The van der Waals surface area contributed by atoms with Crippen molar-refractivity contribution in [1.82, 2.24) is 9.80 Å². The summed E-state index contributed by atoms with van der Waals surface area (Å²) in [6, 6.07) is 17.2. The first kappa shape index (κ1) is 28.5. The van der Waals surface area contributed by atoms with Crippen LogP contribution in [0.5, 0.6) is 11.5 Å². The van der Waals surface area contributed by atoms with Gasteiger partial charge in [0.05, 0.1) is 0 Å². The molecule has 1 aliphatic rings. The molecule has 0 saturated carbocycles. The Bertz CT molecular complexity index is 1300. The third-order valence-corrected chi connectivity index (χ3v) is 8.20. The van der Waals surface area contributed by atoms with Gasteiger partial charge in [-0.3, -0.25) is 9.59 Å². The zero-order chi connectivity index (χ0) is 28.5. The molecule has 7 heteroatoms. The summed E-state index contributed by atoms with van der Waals surface area (Å²) in [7, 11) is 3.99. The van der Waals surface area contributed by atoms with E-state index in [-0.39, 0.29) is 28.6 Å². The molecule has 0 radical (unpaired) electrons. The minimum Gasteiger partial charge on any atom is -0.508 e. The number of hydrogen-bond acceptors (Lipinski definition) is 6. The maximum atomic E-state index is 14.9. The monoisotopic (exact) mass is 532 g/mol. The van der Waals surface area contributed by atoms with E-state index in [1.54, 1.807) is 43.3 Å². The summed E-state index contributed by atoms with van der Waals surface area (Å²) in [5.74, 6) is -2.81. The van der Waals surface area contributed by atoms with E-state index in [0.717, 1.165) is 0 Å². The second-order valence-corrected chi connectivity index (χ2v) is 11.4. The minimum atomic E-state index is -0.676. The van der Waals surface area contributed by atoms with Crippen LogP contribution in [0.1, 0.15) is 51.6 Å². The third kappa shape index (κ3) is 6.05. The number of halogens is 1. The van der Waals surface area contributed by atoms with Crippen molar-refractivity contribution >= 4 is 11.6 Å². The largest absolute Gasteiger partial charge is 0.508 e. The third-order valence-electron chi connectivity index (χ3n) is 8.20. The Morgan fingerprint density at radius 2 is 1.38 bits per heavy atom. The molecule has 1 aliphatic heterocycles. The highest BCUT2D eigenvalue weighted by Gasteiger charge is 2.46. The van der Waals surface area contributed by atoms with Crippen molar-refractivity contribution in [2.45, 2.75) is 32.2 Å². The maximum Gasteiger partial charge on any atom is 0.167 e. The van der Waals surface area contributed by atoms with Crippen molar-refractivity contribution in [2.75, 3.05) is 33.7 Å². The van der Waals surface area contributed by atoms with Gasteiger partial charge in [-0.15, -0.1) is 0 Å². The fourth-order valence-corrected chi connectivity index (χ4v) is 5.61. The lowest BCUT2D eigenvalue weighted by atomic mass is 9.67. The molecular weight excluding hydrogens is 495 g/mol. The number of aromatic hydroxyl groups is 2. The van der Waals surface area contributed by atoms with Gasteiger partial charge in [0.1, 0.15) is 17.3 Å². The van der Waals surface area contributed by atoms with Crippen LogP contribution < -0.4 is 0 Å². The smallest absolute Gasteiger partial charge is 0.167 e. The number of benzene rings is 3. The lowest BCUT2D eigenvalue weighted by Crippen LogP contribution is -2.56. The van der Waals surface area contributed by atoms with Gasteiger partial charge >= 0.3 is 0 Å². The number of carbonyl (C=O) groups is 2. The maximum absolute atomic E-state index is 14.9. The Morgan fingerprint density at radius 3 is 1.85 bits per heavy atom. The molecular formula is C32H37FN2O4. The molecule has 0 amide bonds. The molecule has 2 N–H and O–H groups in total. The molecule has 6 nitrogen and oxygen atoms in total. The van der Waals surface area contributed by atoms with Crippen LogP contribution in [0.3, 0.4) is 0 Å². The molecule has 2 atom stereocenters. The number of Topliss-reactive ketones (excluding diaryl/α,β-unsaturated/α-hetero) is 2. The van der Waals surface area contributed by atoms with Crippen LogP contribution in [-0.2, 0) is 0 Å². The number of phenols is 2. The van der Waals surface area contributed by atoms with Crippen LogP contribution in [0.2, 0.25) is 0 Å². The number of likely N-dealkylation sites (tertiary alicyclic amines) is 1. The molecule has 1 saturated heterocycles. The van der Waals surface area contributed by atoms with E-state index in [4.69, 9.17) is 0 Å². The molecule has 1 heterocycles. The molecule has 3 aromatic rings. The van der Waals surface area contributed by atoms with E-state index in [1.165, 1.54) is 30.3 Å². The summed E-state index contributed by atoms with van der Waals surface area (Å²) in [4.78, 5) is 32.5. The molecule has 4 rings (SSSR count). The Labute approximate surface area is 229 Å². The molecule has 0 spiro atoms. The van der Waals surface area contributed by atoms with E-state index in [9.17, 15) is 24.2 Å². The van der Waals surface area contributed by atoms with Gasteiger partial charge in [-0.1, -0.05) is 36.4 Å². The van der Waals surface area contributed by atoms with Gasteiger partial charge in [-0.2, -0.15) is 0 Å². The number of ketones is 2. The van der Waals surface area contributed by atoms with Crippen LogP contribution in [0, 0.1) is 24.6 Å². The van der Waals surface area contributed by atoms with Gasteiger partial charge in [-0.05, 0) is 76.3 Å². The summed E-state index contributed by atoms with van der Waals surface area (Å²) in [5.41, 5.74) is 1.47. The average molecular weight is 533 g/mol. The van der Waals surface area contributed by atoms with Gasteiger partial charge in [0.2, 0.25) is 0 Å². The standard InChI is InChI=1S/C32H37FN2O4/c1-20-25(13-8-14-28(20)33)29-26(30(38)21-9-6-11-23(36)15-21)17-35(19-32(2,3)34(4)5)18-27(29)31(39)22-10-7-12-24(37)16-22/h6-16,26-27,29,36-37H,17-19H2,1-5H3/t26-,27-/m0/s1. The number of carbonyl (C=O) groups excluding carboxylic acids is 2. The zero-order valence-corrected chi connectivity index (χ0v) is 23.2. The number of hydrogen-bond donors (Lipinski definition) is 2. The van der Waals surface area contributed by atoms with Gasteiger partial charge in [-0.25, -0.2) is 4.39 Å². The first-order chi connectivity index (χ1) is 18.4. The predicted molar refractivity (Wildman–Crippen MR) is 150 cm³/mol. The highest BCUT2D eigenvalue weighted by atomic mass is 19.1. The normalized spacial score (nSPS) is 18.8. The highest BCUT2D eigenvalue weighted by Crippen LogP contribution is 2.43. The number of phenolic OH excluding ortho intramolecular Hbond substituents is 2. The zero-order valence-electron chi connectivity index (χ0n) is 23.2. The van der Waals surface area contributed by atoms with Crippen LogP contribution in [0.25, 0.3) is 0 Å². The van der Waals surface area contributed by atoms with Crippen LogP contribution in [-0.4, -0.2) is 70.8 Å². The lowest BCUT2D eigenvalue weighted by molar-refractivity contribution is 0.0400. The Kier molecular flexibility index (Phi) is 8.23. The van der Waals surface area contributed by atoms with Gasteiger partial charge in [0.25, 0.3) is 0 Å². The lowest BCUT2D eigenvalue weighted by Gasteiger charge is -2.47. The van der Waals surface area contributed by atoms with Crippen molar-refractivity contribution in [3.63, 3.8) is 0 Å². The molecule has 0 aliphatic carbocycles. The van der Waals surface area contributed by atoms with Crippen molar-refractivity contribution in [3.05, 3.63) is 94.8 Å². The van der Waals surface area contributed by atoms with E-state index in [0.29, 0.717) is 41.9 Å². The average Bonchev–Trinajstić information content (AvgIpc) is 2.89. The topological polar surface area (TPSA) is 81.1 Å². The molecule has 0 bridgehead atoms. The first-order valence-corrected chi connectivity index (χ1v) is 13.2. The Hall–Kier alpha value is -3.55. The quantitative estimate of drug-likeness (QED) is 0.384. The van der Waals surface area contributed by atoms with Crippen LogP contribution in [0.4, 0.5) is 4.39 Å². The molecule has 39 heavy (non-hydrogen) atoms. The molecule has 1 fully saturated rings. The summed E-state index contributed by atoms with van der Waals surface area (Å²) < 4.78 is 14.9. The van der Waals surface area contributed by atoms with Crippen LogP contribution in [0.15, 0.2) is 66.7 Å². The fourth-order valence-electron chi connectivity index (χ4n) is 5.61. The molecule has 0 aromatic heterocycles. The first-order valence-electron chi connectivity index (χ1n) is 13.2. The number of piperidine rings is 1. The van der Waals surface area contributed by atoms with Crippen molar-refractivity contribution in [3.8, 4) is 11.5 Å². The van der Waals surface area contributed by atoms with E-state index < -0.39 is 23.6 Å². The fraction of sp³-hybridized carbons (Fsp3) is 0.375. The number of likely N-dealkylation sites (N-methyl/N-ethyl adjacent to an activating group) is 1. The summed E-state index contributed by atoms with van der Waals surface area (Å²) in [5, 5.41) is 20.2. The van der Waals surface area contributed by atoms with Crippen molar-refractivity contribution < 1.29 is 24.2 Å². The number of nitrogens with zero attached hydrogens (tertiary/aromatic N) is 2. The molecule has 0 unspecified atom stereocenters. The Morgan fingerprint density at radius 1 is 0.897 bits per heavy atom. The number of rotatable bonds is 8. The Balaban J connectivity index is 1.88. The highest BCUT2D eigenvalue weighted by molar-refractivity contribution is 6.02. The second kappa shape index (κ2) is 11.3. The summed E-state index contributed by atoms with van der Waals surface area (Å²) >= 11 is 0. The second-order valence-electron chi connectivity index (χ2n) is 11.4. The van der Waals surface area contributed by atoms with Gasteiger partial charge < -0.3 is 20.0 Å². The van der Waals surface area contributed by atoms with E-state index in [2.05, 4.69) is 23.6 Å². The van der Waals surface area contributed by atoms with Crippen molar-refractivity contribution in [2.24, 2.45) is 11.8 Å². The molecule has 206 valence electrons. The van der Waals surface area contributed by atoms with Crippen LogP contribution >= 0.6 is 0 Å².